The van der Waals surface area contributed by atoms with Crippen LogP contribution in [0.5, 0.6) is 0 Å². The van der Waals surface area contributed by atoms with Gasteiger partial charge in [-0.15, -0.1) is 0 Å². The first kappa shape index (κ1) is 17.4. The first-order chi connectivity index (χ1) is 11.6. The Morgan fingerprint density at radius 3 is 2.58 bits per heavy atom. The number of nitrogens with zero attached hydrogens (tertiary/aromatic N) is 1. The van der Waals surface area contributed by atoms with Crippen LogP contribution in [0.25, 0.3) is 0 Å². The van der Waals surface area contributed by atoms with Crippen LogP contribution in [0.3, 0.4) is 0 Å². The zero-order chi connectivity index (χ0) is 16.9. The second-order valence-corrected chi connectivity index (χ2v) is 7.90. The van der Waals surface area contributed by atoms with Gasteiger partial charge in [0.05, 0.1) is 0 Å². The van der Waals surface area contributed by atoms with E-state index in [1.807, 2.05) is 6.07 Å². The van der Waals surface area contributed by atoms with Crippen molar-refractivity contribution in [2.24, 2.45) is 11.8 Å². The third-order valence-electron chi connectivity index (χ3n) is 5.27. The van der Waals surface area contributed by atoms with E-state index in [-0.39, 0.29) is 11.9 Å². The molecule has 1 aromatic carbocycles. The zero-order valence-electron chi connectivity index (χ0n) is 15.0. The van der Waals surface area contributed by atoms with Gasteiger partial charge in [0.2, 0.25) is 5.91 Å². The summed E-state index contributed by atoms with van der Waals surface area (Å²) in [6.07, 6.45) is 5.86. The maximum Gasteiger partial charge on any atom is 0.241 e. The number of rotatable bonds is 7. The van der Waals surface area contributed by atoms with Gasteiger partial charge in [0.1, 0.15) is 6.04 Å². The van der Waals surface area contributed by atoms with Crippen molar-refractivity contribution in [2.75, 3.05) is 6.54 Å². The van der Waals surface area contributed by atoms with Gasteiger partial charge in [-0.3, -0.25) is 10.2 Å². The lowest BCUT2D eigenvalue weighted by atomic mass is 9.85. The van der Waals surface area contributed by atoms with Crippen LogP contribution in [0, 0.1) is 11.8 Å². The second kappa shape index (κ2) is 8.13. The molecule has 0 aromatic heterocycles. The van der Waals surface area contributed by atoms with Crippen molar-refractivity contribution in [3.05, 3.63) is 35.9 Å². The van der Waals surface area contributed by atoms with Gasteiger partial charge in [0.25, 0.3) is 0 Å². The standard InChI is InChI=1S/C20H31N3O/c1-15(2)11-18-12-19(22-21-18)20(24)23(14-17-9-6-10-17)13-16-7-4-3-5-8-16/h3-5,7-8,15,17-19,21-22H,6,9-14H2,1-2H3. The summed E-state index contributed by atoms with van der Waals surface area (Å²) in [4.78, 5) is 15.2. The smallest absolute Gasteiger partial charge is 0.241 e. The number of nitrogens with one attached hydrogen (secondary N) is 2. The van der Waals surface area contributed by atoms with Crippen molar-refractivity contribution in [2.45, 2.75) is 64.6 Å². The molecule has 2 unspecified atom stereocenters. The number of amides is 1. The van der Waals surface area contributed by atoms with Gasteiger partial charge in [0, 0.05) is 19.1 Å². The van der Waals surface area contributed by atoms with E-state index in [4.69, 9.17) is 0 Å². The van der Waals surface area contributed by atoms with E-state index >= 15 is 0 Å². The van der Waals surface area contributed by atoms with Crippen LogP contribution in [0.2, 0.25) is 0 Å². The number of hydrogen-bond donors (Lipinski definition) is 2. The molecule has 2 atom stereocenters. The molecule has 1 amide bonds. The van der Waals surface area contributed by atoms with E-state index in [0.717, 1.165) is 25.9 Å². The summed E-state index contributed by atoms with van der Waals surface area (Å²) in [5, 5.41) is 0. The third-order valence-corrected chi connectivity index (χ3v) is 5.27. The first-order valence-corrected chi connectivity index (χ1v) is 9.45. The summed E-state index contributed by atoms with van der Waals surface area (Å²) in [6.45, 7) is 6.09. The minimum Gasteiger partial charge on any atom is -0.337 e. The van der Waals surface area contributed by atoms with Gasteiger partial charge in [-0.25, -0.2) is 5.43 Å². The Morgan fingerprint density at radius 1 is 1.21 bits per heavy atom. The van der Waals surface area contributed by atoms with Gasteiger partial charge in [-0.1, -0.05) is 50.6 Å². The quantitative estimate of drug-likeness (QED) is 0.808. The molecule has 1 saturated carbocycles. The summed E-state index contributed by atoms with van der Waals surface area (Å²) in [6, 6.07) is 10.7. The maximum absolute atomic E-state index is 13.1. The normalized spacial score (nSPS) is 24.1. The molecule has 24 heavy (non-hydrogen) atoms. The predicted molar refractivity (Wildman–Crippen MR) is 97.1 cm³/mol. The highest BCUT2D eigenvalue weighted by Gasteiger charge is 2.33. The molecular weight excluding hydrogens is 298 g/mol. The van der Waals surface area contributed by atoms with Crippen LogP contribution in [-0.4, -0.2) is 29.4 Å². The van der Waals surface area contributed by atoms with Crippen molar-refractivity contribution in [1.82, 2.24) is 15.8 Å². The van der Waals surface area contributed by atoms with E-state index < -0.39 is 0 Å². The molecule has 1 aliphatic heterocycles. The molecular formula is C20H31N3O. The molecule has 1 aromatic rings. The molecule has 1 saturated heterocycles. The summed E-state index contributed by atoms with van der Waals surface area (Å²) in [5.74, 6) is 1.59. The fourth-order valence-electron chi connectivity index (χ4n) is 3.75. The number of carbonyl (C=O) groups excluding carboxylic acids is 1. The van der Waals surface area contributed by atoms with E-state index in [2.05, 4.69) is 53.9 Å². The van der Waals surface area contributed by atoms with Crippen LogP contribution in [0.4, 0.5) is 0 Å². The number of benzene rings is 1. The molecule has 1 aliphatic carbocycles. The Balaban J connectivity index is 1.62. The van der Waals surface area contributed by atoms with Crippen molar-refractivity contribution < 1.29 is 4.79 Å². The molecule has 4 nitrogen and oxygen atoms in total. The maximum atomic E-state index is 13.1. The highest BCUT2D eigenvalue weighted by Crippen LogP contribution is 2.28. The predicted octanol–water partition coefficient (Wildman–Crippen LogP) is 3.10. The molecule has 132 valence electrons. The molecule has 0 spiro atoms. The summed E-state index contributed by atoms with van der Waals surface area (Å²) in [7, 11) is 0. The zero-order valence-corrected chi connectivity index (χ0v) is 15.0. The molecule has 2 fully saturated rings. The van der Waals surface area contributed by atoms with E-state index in [1.165, 1.54) is 24.8 Å². The average molecular weight is 329 g/mol. The highest BCUT2D eigenvalue weighted by atomic mass is 16.2. The summed E-state index contributed by atoms with van der Waals surface area (Å²) < 4.78 is 0. The van der Waals surface area contributed by atoms with Crippen molar-refractivity contribution in [3.63, 3.8) is 0 Å². The third kappa shape index (κ3) is 4.58. The first-order valence-electron chi connectivity index (χ1n) is 9.45. The lowest BCUT2D eigenvalue weighted by molar-refractivity contribution is -0.135. The molecule has 4 heteroatoms. The number of hydrazine groups is 1. The largest absolute Gasteiger partial charge is 0.337 e. The Labute approximate surface area is 146 Å². The minimum absolute atomic E-state index is 0.0856. The average Bonchev–Trinajstić information content (AvgIpc) is 2.97. The summed E-state index contributed by atoms with van der Waals surface area (Å²) in [5.41, 5.74) is 7.79. The molecule has 2 aliphatic rings. The molecule has 2 N–H and O–H groups in total. The Morgan fingerprint density at radius 2 is 1.96 bits per heavy atom. The van der Waals surface area contributed by atoms with Crippen molar-refractivity contribution in [1.29, 1.82) is 0 Å². The summed E-state index contributed by atoms with van der Waals surface area (Å²) >= 11 is 0. The number of carbonyl (C=O) groups is 1. The number of hydrogen-bond acceptors (Lipinski definition) is 3. The van der Waals surface area contributed by atoms with Gasteiger partial charge in [-0.05, 0) is 43.1 Å². The van der Waals surface area contributed by atoms with Gasteiger partial charge in [0.15, 0.2) is 0 Å². The molecule has 3 rings (SSSR count). The fourth-order valence-corrected chi connectivity index (χ4v) is 3.75. The molecule has 0 radical (unpaired) electrons. The van der Waals surface area contributed by atoms with Crippen molar-refractivity contribution >= 4 is 5.91 Å². The lowest BCUT2D eigenvalue weighted by Crippen LogP contribution is -2.47. The minimum atomic E-state index is -0.0856. The van der Waals surface area contributed by atoms with Crippen LogP contribution >= 0.6 is 0 Å². The van der Waals surface area contributed by atoms with Crippen LogP contribution < -0.4 is 10.9 Å². The van der Waals surface area contributed by atoms with Crippen LogP contribution in [0.15, 0.2) is 30.3 Å². The Hall–Kier alpha value is -1.39. The van der Waals surface area contributed by atoms with Gasteiger partial charge in [-0.2, -0.15) is 0 Å². The highest BCUT2D eigenvalue weighted by molar-refractivity contribution is 5.82. The Bertz CT molecular complexity index is 527. The van der Waals surface area contributed by atoms with E-state index in [0.29, 0.717) is 17.9 Å². The van der Waals surface area contributed by atoms with E-state index in [9.17, 15) is 4.79 Å². The SMILES string of the molecule is CC(C)CC1CC(C(=O)N(Cc2ccccc2)CC2CCC2)NN1. The fraction of sp³-hybridized carbons (Fsp3) is 0.650. The molecule has 1 heterocycles. The van der Waals surface area contributed by atoms with Crippen LogP contribution in [-0.2, 0) is 11.3 Å². The topological polar surface area (TPSA) is 44.4 Å². The van der Waals surface area contributed by atoms with Crippen molar-refractivity contribution in [3.8, 4) is 0 Å². The molecule has 0 bridgehead atoms. The lowest BCUT2D eigenvalue weighted by Gasteiger charge is -2.33. The second-order valence-electron chi connectivity index (χ2n) is 7.90. The Kier molecular flexibility index (Phi) is 5.90. The van der Waals surface area contributed by atoms with E-state index in [1.54, 1.807) is 0 Å². The monoisotopic (exact) mass is 329 g/mol. The van der Waals surface area contributed by atoms with Crippen LogP contribution in [0.1, 0.15) is 51.5 Å². The van der Waals surface area contributed by atoms with Gasteiger partial charge < -0.3 is 4.90 Å². The van der Waals surface area contributed by atoms with Gasteiger partial charge >= 0.3 is 0 Å².